The number of esters is 3. The molecule has 1 saturated heterocycles. The predicted octanol–water partition coefficient (Wildman–Crippen LogP) is -0.823. The minimum absolute atomic E-state index is 0.567. The molecule has 1 amide bonds. The normalized spacial score (nSPS) is 28.0. The Balaban J connectivity index is 3.18. The molecular formula is C14H18F3NO9. The minimum Gasteiger partial charge on any atom is -0.463 e. The number of ether oxygens (including phenoxy) is 4. The number of aliphatic hydroxyl groups excluding tert-OH is 1. The zero-order chi connectivity index (χ0) is 20.9. The number of halogens is 3. The molecule has 0 aromatic rings. The second kappa shape index (κ2) is 8.99. The Kier molecular flexibility index (Phi) is 7.54. The maximum Gasteiger partial charge on any atom is 0.471 e. The second-order valence-corrected chi connectivity index (χ2v) is 5.51. The summed E-state index contributed by atoms with van der Waals surface area (Å²) in [6, 6.07) is -1.92. The van der Waals surface area contributed by atoms with Gasteiger partial charge < -0.3 is 29.4 Å². The molecule has 10 nitrogen and oxygen atoms in total. The second-order valence-electron chi connectivity index (χ2n) is 5.51. The highest BCUT2D eigenvalue weighted by atomic mass is 19.4. The first kappa shape index (κ1) is 22.6. The first-order valence-electron chi connectivity index (χ1n) is 7.52. The summed E-state index contributed by atoms with van der Waals surface area (Å²) >= 11 is 0. The van der Waals surface area contributed by atoms with Gasteiger partial charge in [-0.15, -0.1) is 0 Å². The van der Waals surface area contributed by atoms with E-state index in [1.807, 2.05) is 0 Å². The van der Waals surface area contributed by atoms with Gasteiger partial charge in [-0.25, -0.2) is 0 Å². The summed E-state index contributed by atoms with van der Waals surface area (Å²) in [5.74, 6) is -5.12. The summed E-state index contributed by atoms with van der Waals surface area (Å²) in [5, 5.41) is 11.4. The van der Waals surface area contributed by atoms with Gasteiger partial charge in [0.05, 0.1) is 0 Å². The highest BCUT2D eigenvalue weighted by Crippen LogP contribution is 2.27. The van der Waals surface area contributed by atoms with Crippen molar-refractivity contribution in [2.75, 3.05) is 6.61 Å². The molecule has 13 heteroatoms. The largest absolute Gasteiger partial charge is 0.471 e. The van der Waals surface area contributed by atoms with Crippen molar-refractivity contribution in [3.63, 3.8) is 0 Å². The Morgan fingerprint density at radius 3 is 1.96 bits per heavy atom. The summed E-state index contributed by atoms with van der Waals surface area (Å²) in [5.41, 5.74) is 0. The van der Waals surface area contributed by atoms with Crippen molar-refractivity contribution in [1.29, 1.82) is 0 Å². The van der Waals surface area contributed by atoms with Crippen molar-refractivity contribution in [2.45, 2.75) is 57.6 Å². The van der Waals surface area contributed by atoms with E-state index in [2.05, 4.69) is 0 Å². The maximum atomic E-state index is 12.5. The molecule has 0 bridgehead atoms. The van der Waals surface area contributed by atoms with E-state index in [4.69, 9.17) is 18.9 Å². The lowest BCUT2D eigenvalue weighted by molar-refractivity contribution is -0.266. The smallest absolute Gasteiger partial charge is 0.463 e. The summed E-state index contributed by atoms with van der Waals surface area (Å²) in [7, 11) is 0. The summed E-state index contributed by atoms with van der Waals surface area (Å²) in [4.78, 5) is 44.9. The van der Waals surface area contributed by atoms with E-state index >= 15 is 0 Å². The van der Waals surface area contributed by atoms with Gasteiger partial charge >= 0.3 is 30.0 Å². The molecule has 1 aliphatic rings. The van der Waals surface area contributed by atoms with Crippen LogP contribution in [0.4, 0.5) is 13.2 Å². The van der Waals surface area contributed by atoms with Crippen LogP contribution in [0, 0.1) is 0 Å². The molecular weight excluding hydrogens is 383 g/mol. The van der Waals surface area contributed by atoms with Crippen LogP contribution in [0.2, 0.25) is 0 Å². The maximum absolute atomic E-state index is 12.5. The Morgan fingerprint density at radius 1 is 1.00 bits per heavy atom. The molecule has 154 valence electrons. The van der Waals surface area contributed by atoms with E-state index in [1.54, 1.807) is 0 Å². The summed E-state index contributed by atoms with van der Waals surface area (Å²) in [6.45, 7) is 2.36. The Morgan fingerprint density at radius 2 is 1.52 bits per heavy atom. The number of carbonyl (C=O) groups is 4. The monoisotopic (exact) mass is 401 g/mol. The quantitative estimate of drug-likeness (QED) is 0.447. The van der Waals surface area contributed by atoms with Gasteiger partial charge in [0.15, 0.2) is 18.5 Å². The van der Waals surface area contributed by atoms with Gasteiger partial charge in [-0.2, -0.15) is 13.2 Å². The van der Waals surface area contributed by atoms with Crippen molar-refractivity contribution in [3.8, 4) is 0 Å². The topological polar surface area (TPSA) is 137 Å². The fourth-order valence-corrected chi connectivity index (χ4v) is 2.31. The highest BCUT2D eigenvalue weighted by molar-refractivity contribution is 5.82. The van der Waals surface area contributed by atoms with Gasteiger partial charge in [-0.3, -0.25) is 19.2 Å². The number of nitrogens with one attached hydrogen (secondary N) is 1. The van der Waals surface area contributed by atoms with Crippen LogP contribution in [0.5, 0.6) is 0 Å². The molecule has 0 aromatic heterocycles. The lowest BCUT2D eigenvalue weighted by Gasteiger charge is -2.43. The highest BCUT2D eigenvalue weighted by Gasteiger charge is 2.52. The molecule has 1 rings (SSSR count). The Bertz CT molecular complexity index is 595. The number of alkyl halides is 3. The van der Waals surface area contributed by atoms with Gasteiger partial charge in [0.25, 0.3) is 0 Å². The fraction of sp³-hybridized carbons (Fsp3) is 0.714. The zero-order valence-corrected chi connectivity index (χ0v) is 14.4. The summed E-state index contributed by atoms with van der Waals surface area (Å²) in [6.07, 6.45) is -12.1. The number of hydrogen-bond donors (Lipinski definition) is 2. The minimum atomic E-state index is -5.30. The Labute approximate surface area is 150 Å². The molecule has 1 fully saturated rings. The molecule has 0 aromatic carbocycles. The lowest BCUT2D eigenvalue weighted by atomic mass is 9.96. The molecule has 5 atom stereocenters. The SMILES string of the molecule is CC(=O)OC[C@H]1O[C@H](O)[C@H](NC(=O)C(F)(F)F)[C@H](OC(C)=O)[C@H]1OC(C)=O. The van der Waals surface area contributed by atoms with Gasteiger partial charge in [-0.1, -0.05) is 0 Å². The third-order valence-electron chi connectivity index (χ3n) is 3.28. The molecule has 0 radical (unpaired) electrons. The van der Waals surface area contributed by atoms with Gasteiger partial charge in [-0.05, 0) is 0 Å². The average Bonchev–Trinajstić information content (AvgIpc) is 2.49. The van der Waals surface area contributed by atoms with E-state index in [-0.39, 0.29) is 0 Å². The van der Waals surface area contributed by atoms with E-state index in [1.165, 1.54) is 5.32 Å². The van der Waals surface area contributed by atoms with Crippen molar-refractivity contribution >= 4 is 23.8 Å². The van der Waals surface area contributed by atoms with Crippen LogP contribution in [-0.4, -0.2) is 72.3 Å². The van der Waals surface area contributed by atoms with E-state index in [0.29, 0.717) is 0 Å². The van der Waals surface area contributed by atoms with Crippen LogP contribution in [0.1, 0.15) is 20.8 Å². The van der Waals surface area contributed by atoms with Crippen LogP contribution in [0.15, 0.2) is 0 Å². The molecule has 1 aliphatic heterocycles. The summed E-state index contributed by atoms with van der Waals surface area (Å²) < 4.78 is 57.1. The lowest BCUT2D eigenvalue weighted by Crippen LogP contribution is -2.67. The molecule has 0 unspecified atom stereocenters. The van der Waals surface area contributed by atoms with Crippen LogP contribution in [0.3, 0.4) is 0 Å². The standard InChI is InChI=1S/C14H18F3NO9/c1-5(19)24-4-8-10(25-6(2)20)11(26-7(3)21)9(12(22)27-8)18-13(23)14(15,16)17/h8-12,22H,4H2,1-3H3,(H,18,23)/t8-,9-,10+,11+,12+/m1/s1. The van der Waals surface area contributed by atoms with Crippen molar-refractivity contribution < 1.29 is 56.4 Å². The molecule has 0 aliphatic carbocycles. The number of aliphatic hydroxyl groups is 1. The van der Waals surface area contributed by atoms with Gasteiger partial charge in [0.2, 0.25) is 0 Å². The molecule has 2 N–H and O–H groups in total. The molecule has 0 spiro atoms. The molecule has 0 saturated carbocycles. The fourth-order valence-electron chi connectivity index (χ4n) is 2.31. The zero-order valence-electron chi connectivity index (χ0n) is 14.4. The van der Waals surface area contributed by atoms with E-state index in [9.17, 15) is 37.5 Å². The van der Waals surface area contributed by atoms with Crippen molar-refractivity contribution in [2.24, 2.45) is 0 Å². The number of hydrogen-bond acceptors (Lipinski definition) is 9. The van der Waals surface area contributed by atoms with Crippen molar-refractivity contribution in [3.05, 3.63) is 0 Å². The third-order valence-corrected chi connectivity index (χ3v) is 3.28. The van der Waals surface area contributed by atoms with Crippen LogP contribution >= 0.6 is 0 Å². The first-order valence-corrected chi connectivity index (χ1v) is 7.52. The third kappa shape index (κ3) is 6.67. The average molecular weight is 401 g/mol. The van der Waals surface area contributed by atoms with Crippen LogP contribution in [0.25, 0.3) is 0 Å². The Hall–Kier alpha value is -2.41. The van der Waals surface area contributed by atoms with E-state index in [0.717, 1.165) is 20.8 Å². The van der Waals surface area contributed by atoms with Gasteiger partial charge in [0.1, 0.15) is 18.8 Å². The number of carbonyl (C=O) groups excluding carboxylic acids is 4. The molecule has 1 heterocycles. The molecule has 27 heavy (non-hydrogen) atoms. The first-order chi connectivity index (χ1) is 12.3. The number of rotatable bonds is 5. The van der Waals surface area contributed by atoms with E-state index < -0.39 is 67.2 Å². The van der Waals surface area contributed by atoms with Crippen LogP contribution in [-0.2, 0) is 38.1 Å². The predicted molar refractivity (Wildman–Crippen MR) is 76.6 cm³/mol. The van der Waals surface area contributed by atoms with Crippen molar-refractivity contribution in [1.82, 2.24) is 5.32 Å². The number of amides is 1. The van der Waals surface area contributed by atoms with Gasteiger partial charge in [0, 0.05) is 20.8 Å². The van der Waals surface area contributed by atoms with Crippen LogP contribution < -0.4 is 5.32 Å².